The third-order valence-electron chi connectivity index (χ3n) is 5.83. The van der Waals surface area contributed by atoms with Gasteiger partial charge in [-0.3, -0.25) is 9.10 Å². The molecule has 0 fully saturated rings. The van der Waals surface area contributed by atoms with Crippen molar-refractivity contribution in [2.45, 2.75) is 37.1 Å². The standard InChI is InChI=1S/C26H27ClN2O4S/c1-2-33-25-13-6-5-12-24(25)29(34(31,32)21-16-14-20(27)15-17-21)18-26(30)28-23-11-7-9-19-8-3-4-10-22(19)23/h3-6,8,10,12-17,23H,2,7,9,11,18H2,1H3,(H,28,30)/t23-/m1/s1. The second-order valence-corrected chi connectivity index (χ2v) is 10.4. The molecule has 6 nitrogen and oxygen atoms in total. The van der Waals surface area contributed by atoms with Crippen molar-refractivity contribution < 1.29 is 17.9 Å². The number of sulfonamides is 1. The van der Waals surface area contributed by atoms with Crippen LogP contribution in [0.1, 0.15) is 36.9 Å². The average molecular weight is 499 g/mol. The molecule has 178 valence electrons. The van der Waals surface area contributed by atoms with E-state index in [1.807, 2.05) is 25.1 Å². The summed E-state index contributed by atoms with van der Waals surface area (Å²) in [7, 11) is -4.07. The summed E-state index contributed by atoms with van der Waals surface area (Å²) < 4.78 is 34.1. The van der Waals surface area contributed by atoms with E-state index in [1.165, 1.54) is 29.8 Å². The largest absolute Gasteiger partial charge is 0.492 e. The highest BCUT2D eigenvalue weighted by molar-refractivity contribution is 7.92. The van der Waals surface area contributed by atoms with Gasteiger partial charge in [0.15, 0.2) is 0 Å². The van der Waals surface area contributed by atoms with Crippen LogP contribution in [0, 0.1) is 0 Å². The monoisotopic (exact) mass is 498 g/mol. The van der Waals surface area contributed by atoms with E-state index in [9.17, 15) is 13.2 Å². The van der Waals surface area contributed by atoms with E-state index >= 15 is 0 Å². The highest BCUT2D eigenvalue weighted by Crippen LogP contribution is 2.33. The minimum Gasteiger partial charge on any atom is -0.492 e. The fraction of sp³-hybridized carbons (Fsp3) is 0.269. The first-order chi connectivity index (χ1) is 16.4. The number of nitrogens with zero attached hydrogens (tertiary/aromatic N) is 1. The van der Waals surface area contributed by atoms with Crippen LogP contribution >= 0.6 is 11.6 Å². The van der Waals surface area contributed by atoms with Crippen molar-refractivity contribution in [2.75, 3.05) is 17.5 Å². The number of ether oxygens (including phenoxy) is 1. The normalized spacial score (nSPS) is 15.3. The Morgan fingerprint density at radius 2 is 1.76 bits per heavy atom. The fourth-order valence-electron chi connectivity index (χ4n) is 4.25. The number of nitrogens with one attached hydrogen (secondary N) is 1. The summed E-state index contributed by atoms with van der Waals surface area (Å²) in [6.45, 7) is 1.80. The first-order valence-electron chi connectivity index (χ1n) is 11.3. The van der Waals surface area contributed by atoms with Crippen LogP contribution in [0.5, 0.6) is 5.75 Å². The number of fused-ring (bicyclic) bond motifs is 1. The molecule has 0 unspecified atom stereocenters. The molecular formula is C26H27ClN2O4S. The molecule has 8 heteroatoms. The Balaban J connectivity index is 1.67. The molecule has 0 saturated heterocycles. The zero-order valence-electron chi connectivity index (χ0n) is 18.9. The molecule has 3 aromatic carbocycles. The van der Waals surface area contributed by atoms with Crippen molar-refractivity contribution >= 4 is 33.2 Å². The van der Waals surface area contributed by atoms with Crippen LogP contribution in [0.2, 0.25) is 5.02 Å². The van der Waals surface area contributed by atoms with Crippen LogP contribution in [0.15, 0.2) is 77.7 Å². The Kier molecular flexibility index (Phi) is 7.44. The highest BCUT2D eigenvalue weighted by atomic mass is 35.5. The van der Waals surface area contributed by atoms with Gasteiger partial charge in [0, 0.05) is 5.02 Å². The van der Waals surface area contributed by atoms with Gasteiger partial charge in [0.2, 0.25) is 5.91 Å². The molecule has 4 rings (SSSR count). The van der Waals surface area contributed by atoms with Crippen molar-refractivity contribution in [3.05, 3.63) is 88.9 Å². The number of rotatable bonds is 8. The molecule has 0 aliphatic heterocycles. The van der Waals surface area contributed by atoms with Crippen LogP contribution in [0.3, 0.4) is 0 Å². The summed E-state index contributed by atoms with van der Waals surface area (Å²) >= 11 is 5.97. The molecule has 0 aromatic heterocycles. The molecule has 1 aliphatic carbocycles. The number of benzene rings is 3. The van der Waals surface area contributed by atoms with E-state index < -0.39 is 10.0 Å². The Labute approximate surface area is 205 Å². The highest BCUT2D eigenvalue weighted by Gasteiger charge is 2.31. The number of carbonyl (C=O) groups excluding carboxylic acids is 1. The minimum atomic E-state index is -4.07. The molecule has 0 radical (unpaired) electrons. The number of amides is 1. The quantitative estimate of drug-likeness (QED) is 0.467. The summed E-state index contributed by atoms with van der Waals surface area (Å²) in [5.74, 6) is 0.00361. The minimum absolute atomic E-state index is 0.0408. The van der Waals surface area contributed by atoms with E-state index in [0.717, 1.165) is 29.1 Å². The molecule has 3 aromatic rings. The van der Waals surface area contributed by atoms with Crippen molar-refractivity contribution in [1.29, 1.82) is 0 Å². The lowest BCUT2D eigenvalue weighted by Gasteiger charge is -2.29. The molecule has 34 heavy (non-hydrogen) atoms. The number of aryl methyl sites for hydroxylation is 1. The Morgan fingerprint density at radius 1 is 1.06 bits per heavy atom. The molecule has 1 amide bonds. The van der Waals surface area contributed by atoms with Gasteiger partial charge in [0.25, 0.3) is 10.0 Å². The smallest absolute Gasteiger partial charge is 0.264 e. The lowest BCUT2D eigenvalue weighted by Crippen LogP contribution is -2.42. The van der Waals surface area contributed by atoms with Gasteiger partial charge in [-0.15, -0.1) is 0 Å². The average Bonchev–Trinajstić information content (AvgIpc) is 2.84. The lowest BCUT2D eigenvalue weighted by atomic mass is 9.88. The van der Waals surface area contributed by atoms with Crippen LogP contribution in [-0.2, 0) is 21.2 Å². The van der Waals surface area contributed by atoms with E-state index in [0.29, 0.717) is 23.1 Å². The zero-order valence-corrected chi connectivity index (χ0v) is 20.5. The number of hydrogen-bond acceptors (Lipinski definition) is 4. The predicted molar refractivity (Wildman–Crippen MR) is 134 cm³/mol. The fourth-order valence-corrected chi connectivity index (χ4v) is 5.81. The van der Waals surface area contributed by atoms with E-state index in [2.05, 4.69) is 11.4 Å². The second-order valence-electron chi connectivity index (χ2n) is 8.08. The van der Waals surface area contributed by atoms with Crippen LogP contribution in [0.4, 0.5) is 5.69 Å². The van der Waals surface area contributed by atoms with Gasteiger partial charge in [0.05, 0.1) is 23.2 Å². The van der Waals surface area contributed by atoms with Crippen LogP contribution in [0.25, 0.3) is 0 Å². The zero-order chi connectivity index (χ0) is 24.1. The van der Waals surface area contributed by atoms with Gasteiger partial charge in [-0.05, 0) is 73.7 Å². The number of anilines is 1. The maximum Gasteiger partial charge on any atom is 0.264 e. The number of hydrogen-bond donors (Lipinski definition) is 1. The first kappa shape index (κ1) is 24.1. The van der Waals surface area contributed by atoms with Crippen LogP contribution < -0.4 is 14.4 Å². The van der Waals surface area contributed by atoms with Crippen LogP contribution in [-0.4, -0.2) is 27.5 Å². The van der Waals surface area contributed by atoms with E-state index in [1.54, 1.807) is 24.3 Å². The maximum absolute atomic E-state index is 13.7. The SMILES string of the molecule is CCOc1ccccc1N(CC(=O)N[C@@H]1CCCc2ccccc21)S(=O)(=O)c1ccc(Cl)cc1. The molecular weight excluding hydrogens is 472 g/mol. The number of halogens is 1. The van der Waals surface area contributed by atoms with Gasteiger partial charge in [-0.2, -0.15) is 0 Å². The maximum atomic E-state index is 13.7. The summed E-state index contributed by atoms with van der Waals surface area (Å²) in [5, 5.41) is 3.48. The summed E-state index contributed by atoms with van der Waals surface area (Å²) in [6, 6.07) is 20.6. The van der Waals surface area contributed by atoms with Crippen molar-refractivity contribution in [2.24, 2.45) is 0 Å². The summed E-state index contributed by atoms with van der Waals surface area (Å²) in [5.41, 5.74) is 2.61. The summed E-state index contributed by atoms with van der Waals surface area (Å²) in [6.07, 6.45) is 2.74. The first-order valence-corrected chi connectivity index (χ1v) is 13.1. The molecule has 0 heterocycles. The van der Waals surface area contributed by atoms with Crippen molar-refractivity contribution in [1.82, 2.24) is 5.32 Å². The third-order valence-corrected chi connectivity index (χ3v) is 7.85. The molecule has 1 aliphatic rings. The Morgan fingerprint density at radius 3 is 2.53 bits per heavy atom. The Bertz CT molecular complexity index is 1260. The van der Waals surface area contributed by atoms with Crippen molar-refractivity contribution in [3.63, 3.8) is 0 Å². The molecule has 0 saturated carbocycles. The van der Waals surface area contributed by atoms with Gasteiger partial charge in [-0.1, -0.05) is 48.0 Å². The molecule has 0 spiro atoms. The third kappa shape index (κ3) is 5.21. The van der Waals surface area contributed by atoms with Gasteiger partial charge in [-0.25, -0.2) is 8.42 Å². The predicted octanol–water partition coefficient (Wildman–Crippen LogP) is 5.13. The van der Waals surface area contributed by atoms with Gasteiger partial charge in [0.1, 0.15) is 12.3 Å². The topological polar surface area (TPSA) is 75.7 Å². The molecule has 1 N–H and O–H groups in total. The lowest BCUT2D eigenvalue weighted by molar-refractivity contribution is -0.120. The van der Waals surface area contributed by atoms with Gasteiger partial charge >= 0.3 is 0 Å². The number of para-hydroxylation sites is 2. The molecule has 1 atom stereocenters. The van der Waals surface area contributed by atoms with E-state index in [-0.39, 0.29) is 23.4 Å². The van der Waals surface area contributed by atoms with E-state index in [4.69, 9.17) is 16.3 Å². The number of carbonyl (C=O) groups is 1. The van der Waals surface area contributed by atoms with Gasteiger partial charge < -0.3 is 10.1 Å². The molecule has 0 bridgehead atoms. The second kappa shape index (κ2) is 10.5. The summed E-state index contributed by atoms with van der Waals surface area (Å²) in [4.78, 5) is 13.3. The van der Waals surface area contributed by atoms with Crippen molar-refractivity contribution in [3.8, 4) is 5.75 Å². The Hall–Kier alpha value is -3.03.